The number of pyridine rings is 1. The molecular weight excluding hydrogens is 292 g/mol. The molecule has 6 nitrogen and oxygen atoms in total. The van der Waals surface area contributed by atoms with E-state index in [-0.39, 0.29) is 11.2 Å². The Morgan fingerprint density at radius 1 is 1.04 bits per heavy atom. The summed E-state index contributed by atoms with van der Waals surface area (Å²) in [6.07, 6.45) is 6.02. The fourth-order valence-electron chi connectivity index (χ4n) is 2.78. The van der Waals surface area contributed by atoms with Gasteiger partial charge in [-0.25, -0.2) is 9.78 Å². The Bertz CT molecular complexity index is 784. The molecule has 0 fully saturated rings. The van der Waals surface area contributed by atoms with Crippen LogP contribution in [0, 0.1) is 0 Å². The van der Waals surface area contributed by atoms with Crippen molar-refractivity contribution in [1.82, 2.24) is 14.1 Å². The van der Waals surface area contributed by atoms with E-state index in [2.05, 4.69) is 23.7 Å². The highest BCUT2D eigenvalue weighted by Crippen LogP contribution is 2.22. The third-order valence-electron chi connectivity index (χ3n) is 4.22. The van der Waals surface area contributed by atoms with E-state index in [4.69, 9.17) is 0 Å². The van der Waals surface area contributed by atoms with Crippen molar-refractivity contribution >= 4 is 16.7 Å². The molecule has 0 atom stereocenters. The van der Waals surface area contributed by atoms with Gasteiger partial charge >= 0.3 is 5.69 Å². The first kappa shape index (κ1) is 17.2. The van der Waals surface area contributed by atoms with Gasteiger partial charge in [-0.2, -0.15) is 0 Å². The van der Waals surface area contributed by atoms with Gasteiger partial charge in [-0.3, -0.25) is 13.9 Å². The molecule has 2 aromatic rings. The molecule has 6 heteroatoms. The Labute approximate surface area is 136 Å². The lowest BCUT2D eigenvalue weighted by atomic mass is 10.2. The first-order chi connectivity index (χ1) is 11.0. The molecule has 23 heavy (non-hydrogen) atoms. The van der Waals surface area contributed by atoms with Crippen LogP contribution in [0.25, 0.3) is 11.0 Å². The molecule has 2 aromatic heterocycles. The molecule has 0 aliphatic heterocycles. The number of nitrogens with zero attached hydrogens (tertiary/aromatic N) is 4. The van der Waals surface area contributed by atoms with E-state index in [0.29, 0.717) is 11.0 Å². The van der Waals surface area contributed by atoms with Crippen LogP contribution in [0.4, 0.5) is 5.69 Å². The summed E-state index contributed by atoms with van der Waals surface area (Å²) in [7, 11) is 3.17. The summed E-state index contributed by atoms with van der Waals surface area (Å²) in [5.41, 5.74) is 0.715. The van der Waals surface area contributed by atoms with Gasteiger partial charge in [0.15, 0.2) is 5.65 Å². The zero-order valence-electron chi connectivity index (χ0n) is 14.5. The molecule has 2 heterocycles. The molecule has 0 unspecified atom stereocenters. The minimum atomic E-state index is -0.346. The fourth-order valence-corrected chi connectivity index (χ4v) is 2.78. The van der Waals surface area contributed by atoms with Gasteiger partial charge in [0, 0.05) is 33.4 Å². The average Bonchev–Trinajstić information content (AvgIpc) is 2.57. The van der Waals surface area contributed by atoms with Crippen LogP contribution in [0.2, 0.25) is 0 Å². The third kappa shape index (κ3) is 3.30. The molecule has 0 bridgehead atoms. The van der Waals surface area contributed by atoms with Gasteiger partial charge in [0.05, 0.1) is 5.69 Å². The molecule has 0 aromatic carbocycles. The van der Waals surface area contributed by atoms with E-state index in [1.54, 1.807) is 13.2 Å². The topological polar surface area (TPSA) is 60.1 Å². The molecule has 0 saturated carbocycles. The molecule has 126 valence electrons. The number of hydrogen-bond acceptors (Lipinski definition) is 4. The van der Waals surface area contributed by atoms with Crippen molar-refractivity contribution in [3.8, 4) is 0 Å². The van der Waals surface area contributed by atoms with Crippen molar-refractivity contribution in [2.45, 2.75) is 39.5 Å². The maximum absolute atomic E-state index is 12.7. The van der Waals surface area contributed by atoms with Gasteiger partial charge < -0.3 is 4.90 Å². The van der Waals surface area contributed by atoms with Crippen LogP contribution in [0.3, 0.4) is 0 Å². The lowest BCUT2D eigenvalue weighted by Gasteiger charge is -2.26. The Balaban J connectivity index is 2.67. The normalized spacial score (nSPS) is 11.1. The Morgan fingerprint density at radius 3 is 2.22 bits per heavy atom. The minimum absolute atomic E-state index is 0.274. The monoisotopic (exact) mass is 318 g/mol. The fraction of sp³-hybridized carbons (Fsp3) is 0.588. The molecule has 0 amide bonds. The van der Waals surface area contributed by atoms with Gasteiger partial charge in [0.1, 0.15) is 5.39 Å². The Hall–Kier alpha value is -2.11. The highest BCUT2D eigenvalue weighted by Gasteiger charge is 2.17. The minimum Gasteiger partial charge on any atom is -0.371 e. The summed E-state index contributed by atoms with van der Waals surface area (Å²) < 4.78 is 2.60. The predicted octanol–water partition coefficient (Wildman–Crippen LogP) is 2.04. The van der Waals surface area contributed by atoms with Gasteiger partial charge in [-0.15, -0.1) is 0 Å². The highest BCUT2D eigenvalue weighted by molar-refractivity contribution is 5.88. The molecule has 2 rings (SSSR count). The van der Waals surface area contributed by atoms with Gasteiger partial charge in [0.25, 0.3) is 5.56 Å². The van der Waals surface area contributed by atoms with E-state index in [1.165, 1.54) is 11.6 Å². The molecule has 0 saturated heterocycles. The van der Waals surface area contributed by atoms with Crippen LogP contribution in [-0.2, 0) is 14.1 Å². The summed E-state index contributed by atoms with van der Waals surface area (Å²) in [4.78, 5) is 31.3. The van der Waals surface area contributed by atoms with Crippen molar-refractivity contribution < 1.29 is 0 Å². The van der Waals surface area contributed by atoms with Crippen LogP contribution in [0.15, 0.2) is 21.9 Å². The number of aromatic nitrogens is 3. The van der Waals surface area contributed by atoms with Crippen molar-refractivity contribution in [1.29, 1.82) is 0 Å². The Kier molecular flexibility index (Phi) is 5.58. The third-order valence-corrected chi connectivity index (χ3v) is 4.22. The van der Waals surface area contributed by atoms with E-state index in [9.17, 15) is 9.59 Å². The first-order valence-corrected chi connectivity index (χ1v) is 8.32. The second-order valence-corrected chi connectivity index (χ2v) is 5.93. The summed E-state index contributed by atoms with van der Waals surface area (Å²) in [5.74, 6) is 0. The zero-order chi connectivity index (χ0) is 17.0. The molecule has 0 radical (unpaired) electrons. The maximum atomic E-state index is 12.7. The van der Waals surface area contributed by atoms with Crippen molar-refractivity contribution in [2.24, 2.45) is 14.1 Å². The molecule has 0 aliphatic carbocycles. The summed E-state index contributed by atoms with van der Waals surface area (Å²) in [5, 5.41) is 0.532. The van der Waals surface area contributed by atoms with Gasteiger partial charge in [0.2, 0.25) is 0 Å². The van der Waals surface area contributed by atoms with Crippen molar-refractivity contribution in [3.63, 3.8) is 0 Å². The highest BCUT2D eigenvalue weighted by atomic mass is 16.2. The number of rotatable bonds is 7. The predicted molar refractivity (Wildman–Crippen MR) is 94.3 cm³/mol. The second-order valence-electron chi connectivity index (χ2n) is 5.93. The van der Waals surface area contributed by atoms with Crippen molar-refractivity contribution in [2.75, 3.05) is 18.0 Å². The van der Waals surface area contributed by atoms with Gasteiger partial charge in [-0.05, 0) is 18.9 Å². The summed E-state index contributed by atoms with van der Waals surface area (Å²) >= 11 is 0. The molecule has 0 aliphatic rings. The van der Waals surface area contributed by atoms with E-state index in [0.717, 1.165) is 49.0 Å². The van der Waals surface area contributed by atoms with Crippen LogP contribution in [-0.4, -0.2) is 27.2 Å². The largest absolute Gasteiger partial charge is 0.371 e. The van der Waals surface area contributed by atoms with E-state index >= 15 is 0 Å². The van der Waals surface area contributed by atoms with Crippen LogP contribution in [0.1, 0.15) is 39.5 Å². The number of hydrogen-bond donors (Lipinski definition) is 0. The molecule has 0 spiro atoms. The van der Waals surface area contributed by atoms with E-state index in [1.807, 2.05) is 6.07 Å². The number of aryl methyl sites for hydroxylation is 1. The standard InChI is InChI=1S/C17H26N4O2/c1-5-7-11-21(12-8-6-2)13-9-10-18-15-14(13)16(22)20(4)17(23)19(15)3/h9-10H,5-8,11-12H2,1-4H3. The second kappa shape index (κ2) is 7.44. The van der Waals surface area contributed by atoms with Crippen LogP contribution in [0.5, 0.6) is 0 Å². The number of anilines is 1. The van der Waals surface area contributed by atoms with Crippen LogP contribution >= 0.6 is 0 Å². The maximum Gasteiger partial charge on any atom is 0.332 e. The first-order valence-electron chi connectivity index (χ1n) is 8.32. The number of unbranched alkanes of at least 4 members (excludes halogenated alkanes) is 2. The zero-order valence-corrected chi connectivity index (χ0v) is 14.5. The van der Waals surface area contributed by atoms with Crippen LogP contribution < -0.4 is 16.1 Å². The number of fused-ring (bicyclic) bond motifs is 1. The average molecular weight is 318 g/mol. The van der Waals surface area contributed by atoms with Gasteiger partial charge in [-0.1, -0.05) is 26.7 Å². The summed E-state index contributed by atoms with van der Waals surface area (Å²) in [6.45, 7) is 6.12. The van der Waals surface area contributed by atoms with E-state index < -0.39 is 0 Å². The summed E-state index contributed by atoms with van der Waals surface area (Å²) in [6, 6.07) is 1.89. The SMILES string of the molecule is CCCCN(CCCC)c1ccnc2c1c(=O)n(C)c(=O)n2C. The smallest absolute Gasteiger partial charge is 0.332 e. The quantitative estimate of drug-likeness (QED) is 0.784. The Morgan fingerprint density at radius 2 is 1.65 bits per heavy atom. The molecule has 0 N–H and O–H groups in total. The lowest BCUT2D eigenvalue weighted by molar-refractivity contribution is 0.675. The van der Waals surface area contributed by atoms with Crippen molar-refractivity contribution in [3.05, 3.63) is 33.1 Å². The lowest BCUT2D eigenvalue weighted by Crippen LogP contribution is -2.38. The molecular formula is C17H26N4O2.